The van der Waals surface area contributed by atoms with Gasteiger partial charge in [0.25, 0.3) is 11.6 Å². The summed E-state index contributed by atoms with van der Waals surface area (Å²) < 4.78 is 14.0. The fourth-order valence-corrected chi connectivity index (χ4v) is 4.37. The molecule has 0 bridgehead atoms. The molecule has 1 saturated heterocycles. The van der Waals surface area contributed by atoms with Gasteiger partial charge in [0, 0.05) is 54.4 Å². The molecule has 0 unspecified atom stereocenters. The zero-order chi connectivity index (χ0) is 20.4. The molecular formula is C21H18FN3O3S. The van der Waals surface area contributed by atoms with Gasteiger partial charge < -0.3 is 9.80 Å². The Bertz CT molecular complexity index is 1040. The molecule has 0 N–H and O–H groups in total. The van der Waals surface area contributed by atoms with Crippen molar-refractivity contribution in [3.05, 3.63) is 81.5 Å². The number of thiophene rings is 1. The molecule has 148 valence electrons. The van der Waals surface area contributed by atoms with Gasteiger partial charge in [-0.05, 0) is 30.3 Å². The van der Waals surface area contributed by atoms with Crippen molar-refractivity contribution in [2.24, 2.45) is 0 Å². The van der Waals surface area contributed by atoms with Crippen molar-refractivity contribution in [2.45, 2.75) is 0 Å². The van der Waals surface area contributed by atoms with E-state index in [9.17, 15) is 19.3 Å². The normalized spacial score (nSPS) is 14.1. The minimum Gasteiger partial charge on any atom is -0.368 e. The van der Waals surface area contributed by atoms with Crippen molar-refractivity contribution in [1.82, 2.24) is 4.90 Å². The maximum absolute atomic E-state index is 14.0. The van der Waals surface area contributed by atoms with Crippen LogP contribution in [0.4, 0.5) is 15.8 Å². The first-order valence-corrected chi connectivity index (χ1v) is 9.98. The Morgan fingerprint density at radius 3 is 2.31 bits per heavy atom. The molecule has 0 atom stereocenters. The van der Waals surface area contributed by atoms with Crippen LogP contribution in [0, 0.1) is 15.9 Å². The number of rotatable bonds is 4. The number of halogens is 1. The van der Waals surface area contributed by atoms with E-state index in [0.29, 0.717) is 36.6 Å². The number of benzene rings is 2. The van der Waals surface area contributed by atoms with E-state index >= 15 is 0 Å². The molecular weight excluding hydrogens is 393 g/mol. The van der Waals surface area contributed by atoms with Gasteiger partial charge in [0.1, 0.15) is 5.82 Å². The molecule has 2 heterocycles. The molecule has 8 heteroatoms. The molecule has 0 aliphatic carbocycles. The lowest BCUT2D eigenvalue weighted by Gasteiger charge is -2.35. The van der Waals surface area contributed by atoms with E-state index in [1.165, 1.54) is 29.5 Å². The van der Waals surface area contributed by atoms with E-state index in [2.05, 4.69) is 4.90 Å². The Hall–Kier alpha value is -3.26. The number of hydrogen-bond donors (Lipinski definition) is 0. The number of nitro benzene ring substituents is 1. The highest BCUT2D eigenvalue weighted by Gasteiger charge is 2.24. The van der Waals surface area contributed by atoms with Crippen LogP contribution in [0.1, 0.15) is 9.67 Å². The van der Waals surface area contributed by atoms with Gasteiger partial charge >= 0.3 is 0 Å². The summed E-state index contributed by atoms with van der Waals surface area (Å²) in [7, 11) is 0. The van der Waals surface area contributed by atoms with E-state index in [0.717, 1.165) is 10.6 Å². The first kappa shape index (κ1) is 19.1. The van der Waals surface area contributed by atoms with Gasteiger partial charge in [-0.3, -0.25) is 14.9 Å². The predicted octanol–water partition coefficient (Wildman–Crippen LogP) is 4.42. The first-order valence-electron chi connectivity index (χ1n) is 9.16. The topological polar surface area (TPSA) is 66.7 Å². The standard InChI is InChI=1S/C21H18FN3O3S/c22-18-4-2-1-3-17(18)19-9-10-20(29-19)21(26)24-13-11-23(12-14-24)15-5-7-16(8-6-15)25(27)28/h1-10H,11-14H2. The minimum atomic E-state index is -0.420. The van der Waals surface area contributed by atoms with Crippen LogP contribution >= 0.6 is 11.3 Å². The fraction of sp³-hybridized carbons (Fsp3) is 0.190. The summed E-state index contributed by atoms with van der Waals surface area (Å²) in [5.74, 6) is -0.356. The molecule has 6 nitrogen and oxygen atoms in total. The lowest BCUT2D eigenvalue weighted by molar-refractivity contribution is -0.384. The summed E-state index contributed by atoms with van der Waals surface area (Å²) in [5, 5.41) is 10.8. The van der Waals surface area contributed by atoms with Crippen molar-refractivity contribution in [1.29, 1.82) is 0 Å². The number of anilines is 1. The minimum absolute atomic E-state index is 0.0547. The second-order valence-electron chi connectivity index (χ2n) is 6.70. The lowest BCUT2D eigenvalue weighted by atomic mass is 10.2. The smallest absolute Gasteiger partial charge is 0.269 e. The van der Waals surface area contributed by atoms with Crippen LogP contribution < -0.4 is 4.90 Å². The summed E-state index contributed by atoms with van der Waals surface area (Å²) >= 11 is 1.29. The number of non-ortho nitro benzene ring substituents is 1. The number of hydrogen-bond acceptors (Lipinski definition) is 5. The van der Waals surface area contributed by atoms with E-state index in [-0.39, 0.29) is 17.4 Å². The molecule has 0 radical (unpaired) electrons. The maximum atomic E-state index is 14.0. The van der Waals surface area contributed by atoms with Crippen molar-refractivity contribution >= 4 is 28.6 Å². The largest absolute Gasteiger partial charge is 0.368 e. The third kappa shape index (κ3) is 3.97. The van der Waals surface area contributed by atoms with Crippen LogP contribution in [0.3, 0.4) is 0 Å². The monoisotopic (exact) mass is 411 g/mol. The Labute approximate surface area is 171 Å². The summed E-state index contributed by atoms with van der Waals surface area (Å²) in [4.78, 5) is 28.4. The fourth-order valence-electron chi connectivity index (χ4n) is 3.37. The van der Waals surface area contributed by atoms with Gasteiger partial charge in [-0.15, -0.1) is 11.3 Å². The Balaban J connectivity index is 1.40. The van der Waals surface area contributed by atoms with Crippen LogP contribution in [-0.4, -0.2) is 41.9 Å². The second-order valence-corrected chi connectivity index (χ2v) is 7.78. The Morgan fingerprint density at radius 2 is 1.66 bits per heavy atom. The molecule has 29 heavy (non-hydrogen) atoms. The highest BCUT2D eigenvalue weighted by atomic mass is 32.1. The van der Waals surface area contributed by atoms with Crippen LogP contribution in [-0.2, 0) is 0 Å². The van der Waals surface area contributed by atoms with Crippen LogP contribution in [0.5, 0.6) is 0 Å². The highest BCUT2D eigenvalue weighted by molar-refractivity contribution is 7.17. The average molecular weight is 411 g/mol. The molecule has 1 aliphatic rings. The number of carbonyl (C=O) groups is 1. The summed E-state index contributed by atoms with van der Waals surface area (Å²) in [6, 6.07) is 16.5. The van der Waals surface area contributed by atoms with Gasteiger partial charge in [0.2, 0.25) is 0 Å². The average Bonchev–Trinajstić information content (AvgIpc) is 3.24. The van der Waals surface area contributed by atoms with Crippen LogP contribution in [0.15, 0.2) is 60.7 Å². The third-order valence-electron chi connectivity index (χ3n) is 4.95. The number of piperazine rings is 1. The van der Waals surface area contributed by atoms with Gasteiger partial charge in [-0.25, -0.2) is 4.39 Å². The highest BCUT2D eigenvalue weighted by Crippen LogP contribution is 2.31. The van der Waals surface area contributed by atoms with Crippen molar-refractivity contribution in [3.63, 3.8) is 0 Å². The number of amides is 1. The van der Waals surface area contributed by atoms with Gasteiger partial charge in [0.15, 0.2) is 0 Å². The second kappa shape index (κ2) is 8.00. The van der Waals surface area contributed by atoms with Crippen LogP contribution in [0.2, 0.25) is 0 Å². The van der Waals surface area contributed by atoms with Crippen molar-refractivity contribution < 1.29 is 14.1 Å². The summed E-state index contributed by atoms with van der Waals surface area (Å²) in [5.41, 5.74) is 1.46. The number of nitrogens with zero attached hydrogens (tertiary/aromatic N) is 3. The zero-order valence-electron chi connectivity index (χ0n) is 15.5. The first-order chi connectivity index (χ1) is 14.0. The predicted molar refractivity (Wildman–Crippen MR) is 111 cm³/mol. The van der Waals surface area contributed by atoms with E-state index in [4.69, 9.17) is 0 Å². The Kier molecular flexibility index (Phi) is 5.26. The third-order valence-corrected chi connectivity index (χ3v) is 6.06. The molecule has 1 aromatic heterocycles. The lowest BCUT2D eigenvalue weighted by Crippen LogP contribution is -2.48. The molecule has 1 aliphatic heterocycles. The molecule has 3 aromatic rings. The zero-order valence-corrected chi connectivity index (χ0v) is 16.3. The van der Waals surface area contributed by atoms with Gasteiger partial charge in [-0.1, -0.05) is 18.2 Å². The molecule has 4 rings (SSSR count). The van der Waals surface area contributed by atoms with Crippen LogP contribution in [0.25, 0.3) is 10.4 Å². The molecule has 0 spiro atoms. The van der Waals surface area contributed by atoms with Gasteiger partial charge in [-0.2, -0.15) is 0 Å². The summed E-state index contributed by atoms with van der Waals surface area (Å²) in [6.45, 7) is 2.41. The maximum Gasteiger partial charge on any atom is 0.269 e. The van der Waals surface area contributed by atoms with E-state index in [1.54, 1.807) is 47.4 Å². The SMILES string of the molecule is O=C(c1ccc(-c2ccccc2F)s1)N1CCN(c2ccc([N+](=O)[O-])cc2)CC1. The van der Waals surface area contributed by atoms with Crippen molar-refractivity contribution in [3.8, 4) is 10.4 Å². The van der Waals surface area contributed by atoms with E-state index < -0.39 is 4.92 Å². The van der Waals surface area contributed by atoms with Crippen molar-refractivity contribution in [2.75, 3.05) is 31.1 Å². The van der Waals surface area contributed by atoms with Gasteiger partial charge in [0.05, 0.1) is 9.80 Å². The van der Waals surface area contributed by atoms with E-state index in [1.807, 2.05) is 0 Å². The molecule has 0 saturated carbocycles. The molecule has 2 aromatic carbocycles. The Morgan fingerprint density at radius 1 is 0.966 bits per heavy atom. The number of carbonyl (C=O) groups excluding carboxylic acids is 1. The number of nitro groups is 1. The summed E-state index contributed by atoms with van der Waals surface area (Å²) in [6.07, 6.45) is 0. The molecule has 1 amide bonds. The molecule has 1 fully saturated rings. The quantitative estimate of drug-likeness (QED) is 0.471.